The van der Waals surface area contributed by atoms with Crippen molar-refractivity contribution in [2.45, 2.75) is 45.4 Å². The van der Waals surface area contributed by atoms with Crippen LogP contribution in [0.2, 0.25) is 0 Å². The molecule has 0 heterocycles. The Bertz CT molecular complexity index is 504. The molecular weight excluding hydrogens is 292 g/mol. The largest absolute Gasteiger partial charge is 0.460 e. The van der Waals surface area contributed by atoms with Crippen molar-refractivity contribution >= 4 is 12.0 Å². The molecule has 2 amide bonds. The lowest BCUT2D eigenvalue weighted by Gasteiger charge is -2.36. The smallest absolute Gasteiger partial charge is 0.333 e. The van der Waals surface area contributed by atoms with E-state index in [1.54, 1.807) is 6.92 Å². The van der Waals surface area contributed by atoms with Gasteiger partial charge in [0, 0.05) is 12.1 Å². The summed E-state index contributed by atoms with van der Waals surface area (Å²) in [4.78, 5) is 23.2. The van der Waals surface area contributed by atoms with Crippen molar-refractivity contribution in [2.24, 2.45) is 23.2 Å². The Labute approximate surface area is 138 Å². The summed E-state index contributed by atoms with van der Waals surface area (Å²) in [6, 6.07) is -0.157. The maximum atomic E-state index is 12.0. The Morgan fingerprint density at radius 3 is 2.87 bits per heavy atom. The second-order valence-electron chi connectivity index (χ2n) is 7.59. The van der Waals surface area contributed by atoms with E-state index in [0.717, 1.165) is 24.3 Å². The van der Waals surface area contributed by atoms with E-state index in [2.05, 4.69) is 17.2 Å². The molecule has 0 aromatic rings. The highest BCUT2D eigenvalue weighted by atomic mass is 16.5. The summed E-state index contributed by atoms with van der Waals surface area (Å²) in [6.07, 6.45) is 8.04. The number of amides is 2. The standard InChI is InChI=1S/C18H28N2O3/c1-12(2)16(21)23-9-8-19-17(22)20-11-18-7-6-13(10-18)14-4-3-5-15(14)18/h13-15H,1,3-11H2,2H3,(H2,19,20,22). The first-order valence-electron chi connectivity index (χ1n) is 8.86. The van der Waals surface area contributed by atoms with Crippen molar-refractivity contribution in [1.82, 2.24) is 10.6 Å². The van der Waals surface area contributed by atoms with Crippen LogP contribution in [0, 0.1) is 23.2 Å². The Balaban J connectivity index is 1.38. The number of hydrogen-bond donors (Lipinski definition) is 2. The second kappa shape index (κ2) is 6.54. The van der Waals surface area contributed by atoms with Gasteiger partial charge in [0.05, 0.1) is 6.54 Å². The summed E-state index contributed by atoms with van der Waals surface area (Å²) in [5.41, 5.74) is 0.729. The van der Waals surface area contributed by atoms with Gasteiger partial charge in [0.2, 0.25) is 0 Å². The molecule has 0 saturated heterocycles. The minimum Gasteiger partial charge on any atom is -0.460 e. The van der Waals surface area contributed by atoms with Gasteiger partial charge in [-0.15, -0.1) is 0 Å². The van der Waals surface area contributed by atoms with Gasteiger partial charge in [0.1, 0.15) is 6.61 Å². The molecule has 4 atom stereocenters. The maximum absolute atomic E-state index is 12.0. The lowest BCUT2D eigenvalue weighted by atomic mass is 9.71. The van der Waals surface area contributed by atoms with Crippen molar-refractivity contribution in [3.8, 4) is 0 Å². The minimum absolute atomic E-state index is 0.157. The first-order valence-corrected chi connectivity index (χ1v) is 8.86. The number of nitrogens with one attached hydrogen (secondary N) is 2. The Kier molecular flexibility index (Phi) is 4.64. The molecule has 3 rings (SSSR count). The van der Waals surface area contributed by atoms with Gasteiger partial charge in [0.25, 0.3) is 0 Å². The molecule has 0 aromatic carbocycles. The van der Waals surface area contributed by atoms with Crippen LogP contribution >= 0.6 is 0 Å². The number of urea groups is 1. The Morgan fingerprint density at radius 2 is 2.09 bits per heavy atom. The van der Waals surface area contributed by atoms with Gasteiger partial charge in [-0.1, -0.05) is 13.0 Å². The molecule has 5 heteroatoms. The normalized spacial score (nSPS) is 34.0. The van der Waals surface area contributed by atoms with Crippen LogP contribution in [0.1, 0.15) is 45.4 Å². The van der Waals surface area contributed by atoms with Crippen LogP contribution in [-0.2, 0) is 9.53 Å². The molecule has 4 unspecified atom stereocenters. The first-order chi connectivity index (χ1) is 11.0. The van der Waals surface area contributed by atoms with E-state index < -0.39 is 5.97 Å². The fourth-order valence-electron chi connectivity index (χ4n) is 5.26. The molecule has 23 heavy (non-hydrogen) atoms. The van der Waals surface area contributed by atoms with E-state index in [9.17, 15) is 9.59 Å². The zero-order valence-electron chi connectivity index (χ0n) is 14.0. The summed E-state index contributed by atoms with van der Waals surface area (Å²) >= 11 is 0. The number of esters is 1. The molecule has 0 spiro atoms. The predicted molar refractivity (Wildman–Crippen MR) is 87.8 cm³/mol. The Hall–Kier alpha value is -1.52. The minimum atomic E-state index is -0.415. The number of ether oxygens (including phenoxy) is 1. The highest BCUT2D eigenvalue weighted by molar-refractivity contribution is 5.86. The molecule has 0 aromatic heterocycles. The third-order valence-corrected chi connectivity index (χ3v) is 6.21. The molecule has 2 bridgehead atoms. The quantitative estimate of drug-likeness (QED) is 0.449. The molecule has 3 saturated carbocycles. The third kappa shape index (κ3) is 3.24. The fourth-order valence-corrected chi connectivity index (χ4v) is 5.26. The van der Waals surface area contributed by atoms with Crippen LogP contribution in [0.5, 0.6) is 0 Å². The van der Waals surface area contributed by atoms with Crippen molar-refractivity contribution in [2.75, 3.05) is 19.7 Å². The van der Waals surface area contributed by atoms with Gasteiger partial charge >= 0.3 is 12.0 Å². The van der Waals surface area contributed by atoms with Crippen molar-refractivity contribution < 1.29 is 14.3 Å². The van der Waals surface area contributed by atoms with E-state index in [0.29, 0.717) is 17.5 Å². The molecule has 2 N–H and O–H groups in total. The van der Waals surface area contributed by atoms with Crippen LogP contribution in [0.4, 0.5) is 4.79 Å². The average Bonchev–Trinajstić information content (AvgIpc) is 3.21. The summed E-state index contributed by atoms with van der Waals surface area (Å²) in [5.74, 6) is 2.25. The third-order valence-electron chi connectivity index (χ3n) is 6.21. The average molecular weight is 320 g/mol. The van der Waals surface area contributed by atoms with Crippen LogP contribution in [0.3, 0.4) is 0 Å². The lowest BCUT2D eigenvalue weighted by Crippen LogP contribution is -2.45. The van der Waals surface area contributed by atoms with E-state index >= 15 is 0 Å². The highest BCUT2D eigenvalue weighted by Crippen LogP contribution is 2.65. The maximum Gasteiger partial charge on any atom is 0.333 e. The van der Waals surface area contributed by atoms with Gasteiger partial charge in [-0.25, -0.2) is 9.59 Å². The molecular formula is C18H28N2O3. The monoisotopic (exact) mass is 320 g/mol. The Morgan fingerprint density at radius 1 is 1.26 bits per heavy atom. The van der Waals surface area contributed by atoms with Crippen molar-refractivity contribution in [3.05, 3.63) is 12.2 Å². The summed E-state index contributed by atoms with van der Waals surface area (Å²) in [7, 11) is 0. The number of hydrogen-bond acceptors (Lipinski definition) is 3. The number of rotatable bonds is 6. The molecule has 128 valence electrons. The zero-order valence-corrected chi connectivity index (χ0v) is 14.0. The van der Waals surface area contributed by atoms with Crippen molar-refractivity contribution in [1.29, 1.82) is 0 Å². The predicted octanol–water partition coefficient (Wildman–Crippen LogP) is 2.62. The van der Waals surface area contributed by atoms with E-state index in [4.69, 9.17) is 4.74 Å². The second-order valence-corrected chi connectivity index (χ2v) is 7.59. The molecule has 3 fully saturated rings. The van der Waals surface area contributed by atoms with Crippen LogP contribution in [0.15, 0.2) is 12.2 Å². The number of fused-ring (bicyclic) bond motifs is 5. The molecule has 3 aliphatic rings. The first kappa shape index (κ1) is 16.3. The molecule has 5 nitrogen and oxygen atoms in total. The lowest BCUT2D eigenvalue weighted by molar-refractivity contribution is -0.138. The van der Waals surface area contributed by atoms with Crippen LogP contribution < -0.4 is 10.6 Å². The van der Waals surface area contributed by atoms with E-state index in [1.165, 1.54) is 38.5 Å². The topological polar surface area (TPSA) is 67.4 Å². The summed E-state index contributed by atoms with van der Waals surface area (Å²) in [5, 5.41) is 5.82. The van der Waals surface area contributed by atoms with Gasteiger partial charge in [0.15, 0.2) is 0 Å². The van der Waals surface area contributed by atoms with Gasteiger partial charge < -0.3 is 15.4 Å². The summed E-state index contributed by atoms with van der Waals surface area (Å²) < 4.78 is 4.96. The van der Waals surface area contributed by atoms with Crippen LogP contribution in [-0.4, -0.2) is 31.7 Å². The van der Waals surface area contributed by atoms with Crippen LogP contribution in [0.25, 0.3) is 0 Å². The zero-order chi connectivity index (χ0) is 16.4. The van der Waals surface area contributed by atoms with E-state index in [1.807, 2.05) is 0 Å². The van der Waals surface area contributed by atoms with Gasteiger partial charge in [-0.2, -0.15) is 0 Å². The van der Waals surface area contributed by atoms with Crippen molar-refractivity contribution in [3.63, 3.8) is 0 Å². The number of carbonyl (C=O) groups excluding carboxylic acids is 2. The van der Waals surface area contributed by atoms with Gasteiger partial charge in [-0.05, 0) is 62.2 Å². The molecule has 3 aliphatic carbocycles. The molecule has 0 radical (unpaired) electrons. The highest BCUT2D eigenvalue weighted by Gasteiger charge is 2.58. The summed E-state index contributed by atoms with van der Waals surface area (Å²) in [6.45, 7) is 6.42. The number of carbonyl (C=O) groups is 2. The SMILES string of the molecule is C=C(C)C(=O)OCCNC(=O)NCC12CCC(C1)C1CCCC12. The van der Waals surface area contributed by atoms with Gasteiger partial charge in [-0.3, -0.25) is 0 Å². The molecule has 0 aliphatic heterocycles. The van der Waals surface area contributed by atoms with E-state index in [-0.39, 0.29) is 12.6 Å². The fraction of sp³-hybridized carbons (Fsp3) is 0.778.